The van der Waals surface area contributed by atoms with Gasteiger partial charge in [-0.05, 0) is 46.3 Å². The van der Waals surface area contributed by atoms with Crippen LogP contribution in [0.4, 0.5) is 8.78 Å². The highest BCUT2D eigenvalue weighted by Crippen LogP contribution is 2.12. The lowest BCUT2D eigenvalue weighted by Crippen LogP contribution is -2.53. The molecule has 0 aromatic rings. The van der Waals surface area contributed by atoms with Gasteiger partial charge in [-0.1, -0.05) is 6.92 Å². The summed E-state index contributed by atoms with van der Waals surface area (Å²) in [5, 5.41) is 3.12. The van der Waals surface area contributed by atoms with Crippen molar-refractivity contribution in [3.8, 4) is 0 Å². The van der Waals surface area contributed by atoms with Gasteiger partial charge in [0.15, 0.2) is 0 Å². The Labute approximate surface area is 108 Å². The number of hydrogen-bond acceptors (Lipinski definition) is 3. The van der Waals surface area contributed by atoms with Crippen molar-refractivity contribution in [3.63, 3.8) is 0 Å². The third-order valence-electron chi connectivity index (χ3n) is 2.98. The smallest absolute Gasteiger partial charge is 0.251 e. The molecule has 0 heterocycles. The van der Waals surface area contributed by atoms with Gasteiger partial charge in [0, 0.05) is 0 Å². The van der Waals surface area contributed by atoms with Gasteiger partial charge in [-0.2, -0.15) is 0 Å². The van der Waals surface area contributed by atoms with Gasteiger partial charge >= 0.3 is 0 Å². The molecule has 0 saturated heterocycles. The van der Waals surface area contributed by atoms with E-state index in [2.05, 4.69) is 5.32 Å². The largest absolute Gasteiger partial charge is 0.368 e. The minimum Gasteiger partial charge on any atom is -0.368 e. The second-order valence-electron chi connectivity index (χ2n) is 4.88. The van der Waals surface area contributed by atoms with Crippen LogP contribution < -0.4 is 11.1 Å². The number of nitrogens with zero attached hydrogens (tertiary/aromatic N) is 1. The molecule has 1 unspecified atom stereocenters. The number of amides is 1. The standard InChI is InChI=1S/C12H25F2N3O/c1-4-7-16-12(2,11(15)18)6-5-8-17(3)9-10(13)14/h10,16H,4-9H2,1-3H3,(H2,15,18). The van der Waals surface area contributed by atoms with Crippen LogP contribution in [0.15, 0.2) is 0 Å². The highest BCUT2D eigenvalue weighted by molar-refractivity contribution is 5.84. The Morgan fingerprint density at radius 3 is 2.56 bits per heavy atom. The summed E-state index contributed by atoms with van der Waals surface area (Å²) in [6.07, 6.45) is -0.209. The molecule has 18 heavy (non-hydrogen) atoms. The lowest BCUT2D eigenvalue weighted by Gasteiger charge is -2.28. The van der Waals surface area contributed by atoms with E-state index in [-0.39, 0.29) is 6.54 Å². The summed E-state index contributed by atoms with van der Waals surface area (Å²) in [5.74, 6) is -0.396. The van der Waals surface area contributed by atoms with Crippen LogP contribution >= 0.6 is 0 Å². The molecule has 0 bridgehead atoms. The molecular weight excluding hydrogens is 240 g/mol. The minimum absolute atomic E-state index is 0.240. The second kappa shape index (κ2) is 8.37. The van der Waals surface area contributed by atoms with Crippen LogP contribution in [0.3, 0.4) is 0 Å². The monoisotopic (exact) mass is 265 g/mol. The number of hydrogen-bond donors (Lipinski definition) is 2. The maximum Gasteiger partial charge on any atom is 0.251 e. The highest BCUT2D eigenvalue weighted by Gasteiger charge is 2.29. The van der Waals surface area contributed by atoms with Gasteiger partial charge < -0.3 is 16.0 Å². The second-order valence-corrected chi connectivity index (χ2v) is 4.88. The molecule has 0 aliphatic heterocycles. The number of carbonyl (C=O) groups is 1. The van der Waals surface area contributed by atoms with Crippen LogP contribution in [0.5, 0.6) is 0 Å². The molecule has 0 aromatic carbocycles. The molecule has 0 saturated carbocycles. The number of primary amides is 1. The molecule has 4 nitrogen and oxygen atoms in total. The van der Waals surface area contributed by atoms with E-state index in [9.17, 15) is 13.6 Å². The highest BCUT2D eigenvalue weighted by atomic mass is 19.3. The van der Waals surface area contributed by atoms with Crippen molar-refractivity contribution in [2.45, 2.75) is 45.1 Å². The first kappa shape index (κ1) is 17.2. The van der Waals surface area contributed by atoms with E-state index in [0.717, 1.165) is 6.42 Å². The predicted molar refractivity (Wildman–Crippen MR) is 68.6 cm³/mol. The quantitative estimate of drug-likeness (QED) is 0.624. The van der Waals surface area contributed by atoms with Crippen molar-refractivity contribution in [2.75, 3.05) is 26.7 Å². The molecule has 1 amide bonds. The topological polar surface area (TPSA) is 58.4 Å². The fraction of sp³-hybridized carbons (Fsp3) is 0.917. The average Bonchev–Trinajstić information content (AvgIpc) is 2.25. The van der Waals surface area contributed by atoms with Crippen LogP contribution in [-0.4, -0.2) is 49.5 Å². The summed E-state index contributed by atoms with van der Waals surface area (Å²) in [4.78, 5) is 13.0. The van der Waals surface area contributed by atoms with Crippen LogP contribution in [0.25, 0.3) is 0 Å². The maximum absolute atomic E-state index is 12.1. The van der Waals surface area contributed by atoms with Crippen LogP contribution in [-0.2, 0) is 4.79 Å². The van der Waals surface area contributed by atoms with Crippen molar-refractivity contribution in [3.05, 3.63) is 0 Å². The van der Waals surface area contributed by atoms with Crippen LogP contribution in [0.1, 0.15) is 33.1 Å². The van der Waals surface area contributed by atoms with Gasteiger partial charge in [0.1, 0.15) is 0 Å². The summed E-state index contributed by atoms with van der Waals surface area (Å²) in [6, 6.07) is 0. The summed E-state index contributed by atoms with van der Waals surface area (Å²) in [6.45, 7) is 4.77. The fourth-order valence-electron chi connectivity index (χ4n) is 1.73. The molecular formula is C12H25F2N3O. The summed E-state index contributed by atoms with van der Waals surface area (Å²) < 4.78 is 24.2. The van der Waals surface area contributed by atoms with E-state index in [0.29, 0.717) is 25.9 Å². The molecule has 0 rings (SSSR count). The van der Waals surface area contributed by atoms with E-state index in [1.165, 1.54) is 0 Å². The number of rotatable bonds is 10. The lowest BCUT2D eigenvalue weighted by molar-refractivity contribution is -0.124. The number of carbonyl (C=O) groups excluding carboxylic acids is 1. The zero-order valence-corrected chi connectivity index (χ0v) is 11.5. The SMILES string of the molecule is CCCNC(C)(CCCN(C)CC(F)F)C(N)=O. The molecule has 6 heteroatoms. The van der Waals surface area contributed by atoms with E-state index in [1.54, 1.807) is 18.9 Å². The first-order valence-electron chi connectivity index (χ1n) is 6.33. The molecule has 0 aliphatic rings. The van der Waals surface area contributed by atoms with Crippen molar-refractivity contribution < 1.29 is 13.6 Å². The molecule has 0 radical (unpaired) electrons. The Kier molecular flexibility index (Phi) is 8.02. The number of nitrogens with one attached hydrogen (secondary N) is 1. The predicted octanol–water partition coefficient (Wildman–Crippen LogP) is 1.21. The average molecular weight is 265 g/mol. The Bertz CT molecular complexity index is 251. The van der Waals surface area contributed by atoms with Gasteiger partial charge in [-0.3, -0.25) is 4.79 Å². The van der Waals surface area contributed by atoms with Gasteiger partial charge in [0.2, 0.25) is 5.91 Å². The number of nitrogens with two attached hydrogens (primary N) is 1. The molecule has 1 atom stereocenters. The third-order valence-corrected chi connectivity index (χ3v) is 2.98. The maximum atomic E-state index is 12.1. The third kappa shape index (κ3) is 6.86. The first-order chi connectivity index (χ1) is 8.31. The minimum atomic E-state index is -2.32. The lowest BCUT2D eigenvalue weighted by atomic mass is 9.94. The zero-order valence-electron chi connectivity index (χ0n) is 11.5. The molecule has 0 spiro atoms. The van der Waals surface area contributed by atoms with Crippen molar-refractivity contribution in [1.82, 2.24) is 10.2 Å². The normalized spacial score (nSPS) is 15.1. The van der Waals surface area contributed by atoms with Crippen molar-refractivity contribution in [1.29, 1.82) is 0 Å². The van der Waals surface area contributed by atoms with Gasteiger partial charge in [-0.25, -0.2) is 8.78 Å². The van der Waals surface area contributed by atoms with E-state index in [1.807, 2.05) is 6.92 Å². The Morgan fingerprint density at radius 2 is 2.11 bits per heavy atom. The molecule has 0 fully saturated rings. The Hall–Kier alpha value is -0.750. The van der Waals surface area contributed by atoms with Gasteiger partial charge in [0.05, 0.1) is 12.1 Å². The zero-order chi connectivity index (χ0) is 14.2. The number of alkyl halides is 2. The van der Waals surface area contributed by atoms with Crippen LogP contribution in [0.2, 0.25) is 0 Å². The van der Waals surface area contributed by atoms with Crippen molar-refractivity contribution in [2.24, 2.45) is 5.73 Å². The molecule has 3 N–H and O–H groups in total. The molecule has 0 aromatic heterocycles. The fourth-order valence-corrected chi connectivity index (χ4v) is 1.73. The van der Waals surface area contributed by atoms with Crippen LogP contribution in [0, 0.1) is 0 Å². The summed E-state index contributed by atoms with van der Waals surface area (Å²) in [7, 11) is 1.65. The number of halogens is 2. The van der Waals surface area contributed by atoms with E-state index in [4.69, 9.17) is 5.73 Å². The summed E-state index contributed by atoms with van der Waals surface area (Å²) >= 11 is 0. The molecule has 0 aliphatic carbocycles. The van der Waals surface area contributed by atoms with E-state index >= 15 is 0 Å². The van der Waals surface area contributed by atoms with Gasteiger partial charge in [-0.15, -0.1) is 0 Å². The summed E-state index contributed by atoms with van der Waals surface area (Å²) in [5.41, 5.74) is 4.63. The Balaban J connectivity index is 4.08. The Morgan fingerprint density at radius 1 is 1.50 bits per heavy atom. The first-order valence-corrected chi connectivity index (χ1v) is 6.33. The van der Waals surface area contributed by atoms with E-state index < -0.39 is 17.9 Å². The van der Waals surface area contributed by atoms with Crippen molar-refractivity contribution >= 4 is 5.91 Å². The molecule has 108 valence electrons. The van der Waals surface area contributed by atoms with Gasteiger partial charge in [0.25, 0.3) is 6.43 Å².